The van der Waals surface area contributed by atoms with Crippen molar-refractivity contribution in [2.75, 3.05) is 0 Å². The van der Waals surface area contributed by atoms with Crippen LogP contribution < -0.4 is 0 Å². The van der Waals surface area contributed by atoms with Crippen LogP contribution in [0.4, 0.5) is 0 Å². The molecule has 0 heterocycles. The molecule has 0 spiro atoms. The molecule has 0 radical (unpaired) electrons. The molecule has 0 bridgehead atoms. The second-order valence-electron chi connectivity index (χ2n) is 10.5. The van der Waals surface area contributed by atoms with E-state index < -0.39 is 0 Å². The quantitative estimate of drug-likeness (QED) is 0.327. The van der Waals surface area contributed by atoms with Crippen LogP contribution in [0.1, 0.15) is 121 Å². The first-order valence-electron chi connectivity index (χ1n) is 13.4. The van der Waals surface area contributed by atoms with Crippen LogP contribution >= 0.6 is 0 Å². The predicted octanol–water partition coefficient (Wildman–Crippen LogP) is 9.15. The third-order valence-corrected chi connectivity index (χ3v) is 8.35. The molecule has 2 fully saturated rings. The highest BCUT2D eigenvalue weighted by Gasteiger charge is 2.30. The minimum Gasteiger partial charge on any atom is -0.0654 e. The van der Waals surface area contributed by atoms with E-state index in [4.69, 9.17) is 0 Å². The van der Waals surface area contributed by atoms with Crippen molar-refractivity contribution in [1.82, 2.24) is 0 Å². The Hall–Kier alpha value is -0.780. The molecule has 0 aliphatic heterocycles. The monoisotopic (exact) mass is 396 g/mol. The highest BCUT2D eigenvalue weighted by Crippen LogP contribution is 2.43. The Balaban J connectivity index is 1.31. The van der Waals surface area contributed by atoms with Crippen molar-refractivity contribution in [2.24, 2.45) is 23.7 Å². The second-order valence-corrected chi connectivity index (χ2v) is 10.5. The van der Waals surface area contributed by atoms with Gasteiger partial charge in [0.15, 0.2) is 0 Å². The number of rotatable bonds is 11. The summed E-state index contributed by atoms with van der Waals surface area (Å²) < 4.78 is 0. The number of unbranched alkanes of at least 4 members (excludes halogenated alkanes) is 3. The Morgan fingerprint density at radius 2 is 1.03 bits per heavy atom. The molecular formula is C29H48. The summed E-state index contributed by atoms with van der Waals surface area (Å²) >= 11 is 0. The summed E-state index contributed by atoms with van der Waals surface area (Å²) in [6.07, 6.45) is 24.6. The van der Waals surface area contributed by atoms with Gasteiger partial charge in [-0.2, -0.15) is 0 Å². The number of hydrogen-bond donors (Lipinski definition) is 0. The minimum absolute atomic E-state index is 0.997. The van der Waals surface area contributed by atoms with E-state index in [1.165, 1.54) is 89.0 Å². The molecule has 0 amide bonds. The molecule has 1 aromatic carbocycles. The molecule has 0 atom stereocenters. The molecule has 0 unspecified atom stereocenters. The maximum Gasteiger partial charge on any atom is -0.0276 e. The fourth-order valence-corrected chi connectivity index (χ4v) is 6.21. The van der Waals surface area contributed by atoms with E-state index >= 15 is 0 Å². The van der Waals surface area contributed by atoms with Crippen molar-refractivity contribution in [2.45, 2.75) is 123 Å². The molecule has 1 aromatic rings. The predicted molar refractivity (Wildman–Crippen MR) is 128 cm³/mol. The average molecular weight is 397 g/mol. The Morgan fingerprint density at radius 3 is 1.55 bits per heavy atom. The molecule has 2 aliphatic rings. The summed E-state index contributed by atoms with van der Waals surface area (Å²) in [4.78, 5) is 0. The summed E-state index contributed by atoms with van der Waals surface area (Å²) in [5.74, 6) is 4.21. The minimum atomic E-state index is 0.997. The highest BCUT2D eigenvalue weighted by atomic mass is 14.4. The topological polar surface area (TPSA) is 0 Å². The van der Waals surface area contributed by atoms with Crippen molar-refractivity contribution in [3.63, 3.8) is 0 Å². The zero-order chi connectivity index (χ0) is 20.3. The van der Waals surface area contributed by atoms with E-state index in [-0.39, 0.29) is 0 Å². The van der Waals surface area contributed by atoms with Gasteiger partial charge in [-0.05, 0) is 86.2 Å². The van der Waals surface area contributed by atoms with Crippen molar-refractivity contribution in [3.05, 3.63) is 35.4 Å². The van der Waals surface area contributed by atoms with E-state index in [2.05, 4.69) is 38.1 Å². The molecule has 164 valence electrons. The zero-order valence-electron chi connectivity index (χ0n) is 19.6. The van der Waals surface area contributed by atoms with Crippen molar-refractivity contribution >= 4 is 0 Å². The van der Waals surface area contributed by atoms with Gasteiger partial charge >= 0.3 is 0 Å². The van der Waals surface area contributed by atoms with E-state index in [1.807, 2.05) is 0 Å². The maximum atomic E-state index is 2.41. The van der Waals surface area contributed by atoms with Crippen LogP contribution in [0.2, 0.25) is 0 Å². The zero-order valence-corrected chi connectivity index (χ0v) is 19.6. The molecule has 0 nitrogen and oxygen atoms in total. The van der Waals surface area contributed by atoms with Gasteiger partial charge in [-0.1, -0.05) is 95.9 Å². The van der Waals surface area contributed by atoms with Crippen LogP contribution in [0, 0.1) is 23.7 Å². The molecule has 0 heteroatoms. The fraction of sp³-hybridized carbons (Fsp3) is 0.793. The number of aryl methyl sites for hydroxylation is 2. The Bertz CT molecular complexity index is 526. The lowest BCUT2D eigenvalue weighted by atomic mass is 9.68. The molecule has 2 aliphatic carbocycles. The first-order chi connectivity index (χ1) is 14.3. The van der Waals surface area contributed by atoms with Gasteiger partial charge in [0.05, 0.1) is 0 Å². The summed E-state index contributed by atoms with van der Waals surface area (Å²) in [6.45, 7) is 4.63. The van der Waals surface area contributed by atoms with Gasteiger partial charge in [-0.25, -0.2) is 0 Å². The number of benzene rings is 1. The fourth-order valence-electron chi connectivity index (χ4n) is 6.21. The summed E-state index contributed by atoms with van der Waals surface area (Å²) in [5, 5.41) is 0. The Kier molecular flexibility index (Phi) is 10.1. The molecule has 0 N–H and O–H groups in total. The van der Waals surface area contributed by atoms with E-state index in [0.29, 0.717) is 0 Å². The molecular weight excluding hydrogens is 348 g/mol. The van der Waals surface area contributed by atoms with E-state index in [1.54, 1.807) is 31.2 Å². The SMILES string of the molecule is CCCCCc1ccc(CC[C@H]2CC[C@H]([C@H]3CC[C@H](CCCC)CC3)CC2)cc1. The van der Waals surface area contributed by atoms with E-state index in [0.717, 1.165) is 23.7 Å². The molecule has 2 saturated carbocycles. The van der Waals surface area contributed by atoms with Crippen molar-refractivity contribution in [3.8, 4) is 0 Å². The van der Waals surface area contributed by atoms with Crippen LogP contribution in [0.5, 0.6) is 0 Å². The van der Waals surface area contributed by atoms with Crippen molar-refractivity contribution < 1.29 is 0 Å². The van der Waals surface area contributed by atoms with Gasteiger partial charge < -0.3 is 0 Å². The summed E-state index contributed by atoms with van der Waals surface area (Å²) in [6, 6.07) is 9.59. The molecule has 0 aromatic heterocycles. The maximum absolute atomic E-state index is 2.41. The van der Waals surface area contributed by atoms with Gasteiger partial charge in [0, 0.05) is 0 Å². The lowest BCUT2D eigenvalue weighted by molar-refractivity contribution is 0.140. The molecule has 3 rings (SSSR count). The molecule has 0 saturated heterocycles. The smallest absolute Gasteiger partial charge is 0.0276 e. The van der Waals surface area contributed by atoms with Crippen molar-refractivity contribution in [1.29, 1.82) is 0 Å². The van der Waals surface area contributed by atoms with Crippen LogP contribution in [0.3, 0.4) is 0 Å². The van der Waals surface area contributed by atoms with Crippen LogP contribution in [0.15, 0.2) is 24.3 Å². The van der Waals surface area contributed by atoms with Gasteiger partial charge in [0.1, 0.15) is 0 Å². The lowest BCUT2D eigenvalue weighted by Crippen LogP contribution is -2.26. The largest absolute Gasteiger partial charge is 0.0654 e. The number of hydrogen-bond acceptors (Lipinski definition) is 0. The van der Waals surface area contributed by atoms with Gasteiger partial charge in [0.25, 0.3) is 0 Å². The molecule has 29 heavy (non-hydrogen) atoms. The van der Waals surface area contributed by atoms with Crippen LogP contribution in [-0.2, 0) is 12.8 Å². The first-order valence-corrected chi connectivity index (χ1v) is 13.4. The first kappa shape index (κ1) is 22.9. The normalized spacial score (nSPS) is 27.8. The van der Waals surface area contributed by atoms with Crippen LogP contribution in [-0.4, -0.2) is 0 Å². The van der Waals surface area contributed by atoms with Gasteiger partial charge in [-0.15, -0.1) is 0 Å². The average Bonchev–Trinajstić information content (AvgIpc) is 2.78. The van der Waals surface area contributed by atoms with Gasteiger partial charge in [0.2, 0.25) is 0 Å². The Labute approximate surface area is 182 Å². The Morgan fingerprint density at radius 1 is 0.552 bits per heavy atom. The summed E-state index contributed by atoms with van der Waals surface area (Å²) in [7, 11) is 0. The third kappa shape index (κ3) is 7.76. The summed E-state index contributed by atoms with van der Waals surface area (Å²) in [5.41, 5.74) is 3.10. The van der Waals surface area contributed by atoms with Crippen LogP contribution in [0.25, 0.3) is 0 Å². The van der Waals surface area contributed by atoms with Gasteiger partial charge in [-0.3, -0.25) is 0 Å². The second kappa shape index (κ2) is 12.8. The lowest BCUT2D eigenvalue weighted by Gasteiger charge is -2.38. The van der Waals surface area contributed by atoms with E-state index in [9.17, 15) is 0 Å². The third-order valence-electron chi connectivity index (χ3n) is 8.35. The standard InChI is InChI=1S/C29H48/c1-3-5-7-9-25-10-12-26(13-11-25)14-15-27-18-22-29(23-19-27)28-20-16-24(17-21-28)8-6-4-2/h10-13,24,27-29H,3-9,14-23H2,1-2H3/t24-,27-,28-,29-. The highest BCUT2D eigenvalue weighted by molar-refractivity contribution is 5.22.